The SMILES string of the molecule is Cc1c(N)cc(S(=O)(=O)Nc2ncc(Br)nc2Br)cc1Cl. The van der Waals surface area contributed by atoms with Crippen LogP contribution in [-0.2, 0) is 10.0 Å². The Balaban J connectivity index is 2.43. The molecular formula is C11H9Br2ClN4O2S. The van der Waals surface area contributed by atoms with Gasteiger partial charge in [-0.15, -0.1) is 0 Å². The van der Waals surface area contributed by atoms with Gasteiger partial charge in [-0.3, -0.25) is 4.72 Å². The van der Waals surface area contributed by atoms with Crippen LogP contribution in [0.1, 0.15) is 5.56 Å². The van der Waals surface area contributed by atoms with Crippen LogP contribution in [0.15, 0.2) is 32.4 Å². The van der Waals surface area contributed by atoms with E-state index < -0.39 is 10.0 Å². The van der Waals surface area contributed by atoms with Gasteiger partial charge in [0, 0.05) is 10.7 Å². The third-order valence-electron chi connectivity index (χ3n) is 2.60. The van der Waals surface area contributed by atoms with Crippen molar-refractivity contribution >= 4 is 65.0 Å². The predicted molar refractivity (Wildman–Crippen MR) is 88.8 cm³/mol. The summed E-state index contributed by atoms with van der Waals surface area (Å²) < 4.78 is 27.7. The Bertz CT molecular complexity index is 791. The van der Waals surface area contributed by atoms with Crippen LogP contribution < -0.4 is 10.5 Å². The fraction of sp³-hybridized carbons (Fsp3) is 0.0909. The Labute approximate surface area is 143 Å². The van der Waals surface area contributed by atoms with E-state index in [0.717, 1.165) is 0 Å². The van der Waals surface area contributed by atoms with E-state index in [1.807, 2.05) is 0 Å². The molecule has 0 amide bonds. The first-order valence-electron chi connectivity index (χ1n) is 5.47. The van der Waals surface area contributed by atoms with Crippen LogP contribution in [0, 0.1) is 6.92 Å². The largest absolute Gasteiger partial charge is 0.398 e. The van der Waals surface area contributed by atoms with Gasteiger partial charge in [-0.1, -0.05) is 11.6 Å². The van der Waals surface area contributed by atoms with Crippen molar-refractivity contribution in [3.05, 3.63) is 38.1 Å². The number of sulfonamides is 1. The Hall–Kier alpha value is -0.900. The molecule has 0 atom stereocenters. The third-order valence-corrected chi connectivity index (χ3v) is 5.25. The number of hydrogen-bond acceptors (Lipinski definition) is 5. The number of rotatable bonds is 3. The molecule has 3 N–H and O–H groups in total. The maximum Gasteiger partial charge on any atom is 0.263 e. The molecule has 0 saturated carbocycles. The molecule has 0 fully saturated rings. The molecule has 21 heavy (non-hydrogen) atoms. The van der Waals surface area contributed by atoms with Crippen molar-refractivity contribution in [3.63, 3.8) is 0 Å². The number of aromatic nitrogens is 2. The van der Waals surface area contributed by atoms with Crippen LogP contribution in [0.4, 0.5) is 11.5 Å². The number of benzene rings is 1. The van der Waals surface area contributed by atoms with Gasteiger partial charge in [0.15, 0.2) is 10.4 Å². The summed E-state index contributed by atoms with van der Waals surface area (Å²) in [6.45, 7) is 1.71. The van der Waals surface area contributed by atoms with Crippen molar-refractivity contribution in [2.75, 3.05) is 10.5 Å². The maximum atomic E-state index is 12.3. The van der Waals surface area contributed by atoms with Gasteiger partial charge in [-0.2, -0.15) is 0 Å². The Morgan fingerprint density at radius 2 is 2.00 bits per heavy atom. The lowest BCUT2D eigenvalue weighted by molar-refractivity contribution is 0.601. The van der Waals surface area contributed by atoms with E-state index in [1.54, 1.807) is 6.92 Å². The summed E-state index contributed by atoms with van der Waals surface area (Å²) in [4.78, 5) is 7.89. The number of halogens is 3. The van der Waals surface area contributed by atoms with Gasteiger partial charge in [0.2, 0.25) is 0 Å². The Kier molecular flexibility index (Phi) is 4.76. The normalized spacial score (nSPS) is 11.4. The number of nitrogens with zero attached hydrogens (tertiary/aromatic N) is 2. The molecule has 0 unspecified atom stereocenters. The first kappa shape index (κ1) is 16.5. The van der Waals surface area contributed by atoms with Crippen LogP contribution in [-0.4, -0.2) is 18.4 Å². The maximum absolute atomic E-state index is 12.3. The molecule has 1 heterocycles. The van der Waals surface area contributed by atoms with E-state index in [9.17, 15) is 8.42 Å². The van der Waals surface area contributed by atoms with E-state index in [0.29, 0.717) is 15.9 Å². The van der Waals surface area contributed by atoms with E-state index in [1.165, 1.54) is 18.3 Å². The molecule has 0 aliphatic heterocycles. The van der Waals surface area contributed by atoms with Crippen LogP contribution >= 0.6 is 43.5 Å². The average molecular weight is 457 g/mol. The number of nitrogen functional groups attached to an aromatic ring is 1. The van der Waals surface area contributed by atoms with Crippen molar-refractivity contribution in [2.24, 2.45) is 0 Å². The molecule has 1 aromatic carbocycles. The lowest BCUT2D eigenvalue weighted by Crippen LogP contribution is -2.15. The molecule has 0 radical (unpaired) electrons. The molecule has 0 spiro atoms. The molecule has 112 valence electrons. The van der Waals surface area contributed by atoms with E-state index in [2.05, 4.69) is 46.5 Å². The average Bonchev–Trinajstić information content (AvgIpc) is 2.38. The van der Waals surface area contributed by atoms with E-state index >= 15 is 0 Å². The molecule has 2 rings (SSSR count). The standard InChI is InChI=1S/C11H9Br2ClN4O2S/c1-5-7(14)2-6(3-8(5)15)21(19,20)18-11-10(13)17-9(12)4-16-11/h2-4H,15H2,1H3,(H,16,18). The number of hydrogen-bond donors (Lipinski definition) is 2. The molecule has 6 nitrogen and oxygen atoms in total. The minimum atomic E-state index is -3.87. The molecule has 2 aromatic rings. The molecule has 1 aromatic heterocycles. The highest BCUT2D eigenvalue weighted by Crippen LogP contribution is 2.28. The fourth-order valence-corrected chi connectivity index (χ4v) is 3.84. The van der Waals surface area contributed by atoms with Gasteiger partial charge in [0.25, 0.3) is 10.0 Å². The van der Waals surface area contributed by atoms with Crippen LogP contribution in [0.2, 0.25) is 5.02 Å². The summed E-state index contributed by atoms with van der Waals surface area (Å²) in [5.41, 5.74) is 6.66. The summed E-state index contributed by atoms with van der Waals surface area (Å²) in [6, 6.07) is 2.67. The van der Waals surface area contributed by atoms with Crippen molar-refractivity contribution in [2.45, 2.75) is 11.8 Å². The minimum absolute atomic E-state index is 0.0489. The highest BCUT2D eigenvalue weighted by atomic mass is 79.9. The van der Waals surface area contributed by atoms with E-state index in [4.69, 9.17) is 17.3 Å². The molecule has 0 saturated heterocycles. The van der Waals surface area contributed by atoms with E-state index in [-0.39, 0.29) is 20.3 Å². The zero-order valence-corrected chi connectivity index (χ0v) is 15.3. The van der Waals surface area contributed by atoms with Crippen molar-refractivity contribution in [1.29, 1.82) is 0 Å². The second-order valence-electron chi connectivity index (χ2n) is 4.06. The zero-order chi connectivity index (χ0) is 15.8. The van der Waals surface area contributed by atoms with Crippen molar-refractivity contribution < 1.29 is 8.42 Å². The summed E-state index contributed by atoms with van der Waals surface area (Å²) in [6.07, 6.45) is 1.37. The van der Waals surface area contributed by atoms with Crippen molar-refractivity contribution in [3.8, 4) is 0 Å². The second kappa shape index (κ2) is 6.07. The molecule has 0 bridgehead atoms. The Morgan fingerprint density at radius 3 is 2.57 bits per heavy atom. The van der Waals surface area contributed by atoms with Crippen LogP contribution in [0.25, 0.3) is 0 Å². The minimum Gasteiger partial charge on any atom is -0.398 e. The number of nitrogens with one attached hydrogen (secondary N) is 1. The van der Waals surface area contributed by atoms with Gasteiger partial charge >= 0.3 is 0 Å². The van der Waals surface area contributed by atoms with Crippen molar-refractivity contribution in [1.82, 2.24) is 9.97 Å². The third kappa shape index (κ3) is 3.65. The fourth-order valence-electron chi connectivity index (χ4n) is 1.43. The summed E-state index contributed by atoms with van der Waals surface area (Å²) in [5.74, 6) is 0.0634. The molecule has 0 aliphatic carbocycles. The van der Waals surface area contributed by atoms with Gasteiger partial charge in [0.1, 0.15) is 4.60 Å². The van der Waals surface area contributed by atoms with Crippen LogP contribution in [0.3, 0.4) is 0 Å². The highest BCUT2D eigenvalue weighted by Gasteiger charge is 2.19. The Morgan fingerprint density at radius 1 is 1.33 bits per heavy atom. The zero-order valence-electron chi connectivity index (χ0n) is 10.6. The topological polar surface area (TPSA) is 98.0 Å². The first-order chi connectivity index (χ1) is 9.70. The van der Waals surface area contributed by atoms with Gasteiger partial charge in [0.05, 0.1) is 11.1 Å². The summed E-state index contributed by atoms with van der Waals surface area (Å²) in [7, 11) is -3.87. The smallest absolute Gasteiger partial charge is 0.263 e. The summed E-state index contributed by atoms with van der Waals surface area (Å²) in [5, 5.41) is 0.274. The molecular weight excluding hydrogens is 447 g/mol. The molecule has 0 aliphatic rings. The second-order valence-corrected chi connectivity index (χ2v) is 7.71. The number of anilines is 2. The lowest BCUT2D eigenvalue weighted by atomic mass is 10.2. The van der Waals surface area contributed by atoms with Gasteiger partial charge < -0.3 is 5.73 Å². The first-order valence-corrected chi connectivity index (χ1v) is 8.92. The highest BCUT2D eigenvalue weighted by molar-refractivity contribution is 9.11. The van der Waals surface area contributed by atoms with Gasteiger partial charge in [-0.05, 0) is 56.5 Å². The quantitative estimate of drug-likeness (QED) is 0.691. The number of nitrogens with two attached hydrogens (primary N) is 1. The predicted octanol–water partition coefficient (Wildman–Crippen LogP) is 3.35. The van der Waals surface area contributed by atoms with Gasteiger partial charge in [-0.25, -0.2) is 18.4 Å². The summed E-state index contributed by atoms with van der Waals surface area (Å²) >= 11 is 12.2. The monoisotopic (exact) mass is 454 g/mol. The lowest BCUT2D eigenvalue weighted by Gasteiger charge is -2.11. The van der Waals surface area contributed by atoms with Crippen LogP contribution in [0.5, 0.6) is 0 Å². The molecule has 10 heteroatoms.